The zero-order chi connectivity index (χ0) is 42.8. The van der Waals surface area contributed by atoms with Gasteiger partial charge in [0.15, 0.2) is 0 Å². The number of hydrogen-bond donors (Lipinski definition) is 5. The lowest BCUT2D eigenvalue weighted by atomic mass is 9.94. The molecule has 0 aromatic heterocycles. The summed E-state index contributed by atoms with van der Waals surface area (Å²) >= 11 is 5.97. The molecule has 5 aromatic carbocycles. The van der Waals surface area contributed by atoms with Crippen LogP contribution >= 0.6 is 11.6 Å². The van der Waals surface area contributed by atoms with E-state index in [1.54, 1.807) is 61.5 Å². The van der Waals surface area contributed by atoms with Gasteiger partial charge in [0.2, 0.25) is 17.7 Å². The van der Waals surface area contributed by atoms with E-state index in [4.69, 9.17) is 37.3 Å². The van der Waals surface area contributed by atoms with Crippen molar-refractivity contribution in [2.75, 3.05) is 39.9 Å². The Bertz CT molecular complexity index is 2300. The Balaban J connectivity index is 1.22. The van der Waals surface area contributed by atoms with Crippen molar-refractivity contribution in [3.63, 3.8) is 0 Å². The summed E-state index contributed by atoms with van der Waals surface area (Å²) in [7, 11) is 1.48. The second-order valence-corrected chi connectivity index (χ2v) is 14.9. The van der Waals surface area contributed by atoms with E-state index in [0.29, 0.717) is 56.7 Å². The van der Waals surface area contributed by atoms with Crippen molar-refractivity contribution in [2.45, 2.75) is 38.4 Å². The van der Waals surface area contributed by atoms with E-state index in [0.717, 1.165) is 16.7 Å². The molecule has 1 heterocycles. The number of nitrogens with two attached hydrogens (primary N) is 2. The van der Waals surface area contributed by atoms with Crippen molar-refractivity contribution in [3.05, 3.63) is 131 Å². The number of halogens is 1. The Labute approximate surface area is 354 Å². The molecule has 7 N–H and O–H groups in total. The number of fused-ring (bicyclic) bond motifs is 5. The third-order valence-corrected chi connectivity index (χ3v) is 10.2. The molecule has 14 heteroatoms. The number of amides is 4. The molecule has 1 aliphatic heterocycles. The van der Waals surface area contributed by atoms with Gasteiger partial charge in [-0.1, -0.05) is 48.0 Å². The van der Waals surface area contributed by atoms with Crippen LogP contribution in [0.4, 0.5) is 0 Å². The summed E-state index contributed by atoms with van der Waals surface area (Å²) in [4.78, 5) is 55.8. The largest absolute Gasteiger partial charge is 0.492 e. The maximum Gasteiger partial charge on any atom is 0.251 e. The molecule has 4 bridgehead atoms. The number of carbonyl (C=O) groups is 4. The van der Waals surface area contributed by atoms with E-state index in [2.05, 4.69) is 16.0 Å². The van der Waals surface area contributed by atoms with E-state index in [9.17, 15) is 19.2 Å². The van der Waals surface area contributed by atoms with E-state index >= 15 is 0 Å². The smallest absolute Gasteiger partial charge is 0.251 e. The highest BCUT2D eigenvalue weighted by Crippen LogP contribution is 2.40. The van der Waals surface area contributed by atoms with Crippen LogP contribution in [0.15, 0.2) is 109 Å². The van der Waals surface area contributed by atoms with Crippen LogP contribution in [0, 0.1) is 0 Å². The molecular weight excluding hydrogens is 784 g/mol. The molecule has 0 radical (unpaired) electrons. The maximum atomic E-state index is 14.2. The summed E-state index contributed by atoms with van der Waals surface area (Å²) in [6.45, 7) is 4.08. The van der Waals surface area contributed by atoms with Gasteiger partial charge >= 0.3 is 0 Å². The van der Waals surface area contributed by atoms with Crippen molar-refractivity contribution >= 4 is 35.2 Å². The van der Waals surface area contributed by atoms with Crippen LogP contribution in [-0.2, 0) is 20.8 Å². The molecule has 4 amide bonds. The molecule has 5 aromatic rings. The number of carbonyl (C=O) groups excluding carboxylic acids is 4. The number of hydrogen-bond acceptors (Lipinski definition) is 9. The molecule has 1 aliphatic rings. The Morgan fingerprint density at radius 3 is 1.93 bits per heavy atom. The standard InChI is InChI=1S/C46H49ClN6O7/c1-28-24-30-4-18-40(58-22-20-48)38(25-30)39-26-34(11-19-41(39)59-23-21-49)43(46(57)52-29(2)44(55)51-28)53(3)42(54)27-50-45(56)33-7-5-31(6-8-33)32-9-14-36(15-10-32)60-37-16-12-35(47)13-17-37/h4-19,25-26,28-29,43H,20-24,27,48-49H2,1-3H3,(H,50,56)(H,51,55)(H,52,57)/t28?,29-,43?/m0/s1. The topological polar surface area (TPSA) is 187 Å². The fraction of sp³-hybridized carbons (Fsp3) is 0.261. The van der Waals surface area contributed by atoms with Gasteiger partial charge in [0, 0.05) is 47.9 Å². The van der Waals surface area contributed by atoms with Gasteiger partial charge in [0.1, 0.15) is 48.3 Å². The highest BCUT2D eigenvalue weighted by molar-refractivity contribution is 6.30. The third-order valence-electron chi connectivity index (χ3n) is 9.90. The minimum absolute atomic E-state index is 0.227. The highest BCUT2D eigenvalue weighted by atomic mass is 35.5. The lowest BCUT2D eigenvalue weighted by Crippen LogP contribution is -2.52. The Morgan fingerprint density at radius 1 is 0.750 bits per heavy atom. The van der Waals surface area contributed by atoms with Crippen LogP contribution in [0.3, 0.4) is 0 Å². The molecule has 3 atom stereocenters. The first-order valence-corrected chi connectivity index (χ1v) is 20.0. The van der Waals surface area contributed by atoms with Crippen molar-refractivity contribution in [3.8, 4) is 45.3 Å². The van der Waals surface area contributed by atoms with E-state index in [1.165, 1.54) is 11.9 Å². The molecule has 0 saturated carbocycles. The first kappa shape index (κ1) is 43.2. The first-order chi connectivity index (χ1) is 28.9. The monoisotopic (exact) mass is 832 g/mol. The summed E-state index contributed by atoms with van der Waals surface area (Å²) in [6.07, 6.45) is 0.501. The number of nitrogens with zero attached hydrogens (tertiary/aromatic N) is 1. The molecule has 312 valence electrons. The van der Waals surface area contributed by atoms with Crippen LogP contribution in [0.5, 0.6) is 23.0 Å². The molecule has 0 spiro atoms. The van der Waals surface area contributed by atoms with Crippen LogP contribution in [0.2, 0.25) is 5.02 Å². The minimum Gasteiger partial charge on any atom is -0.492 e. The predicted octanol–water partition coefficient (Wildman–Crippen LogP) is 5.64. The Morgan fingerprint density at radius 2 is 1.32 bits per heavy atom. The zero-order valence-corrected chi connectivity index (χ0v) is 34.5. The van der Waals surface area contributed by atoms with E-state index in [1.807, 2.05) is 61.5 Å². The normalized spacial score (nSPS) is 16.4. The van der Waals surface area contributed by atoms with Gasteiger partial charge in [0.25, 0.3) is 5.91 Å². The average Bonchev–Trinajstić information content (AvgIpc) is 3.25. The number of rotatable bonds is 13. The molecule has 60 heavy (non-hydrogen) atoms. The molecule has 0 aliphatic carbocycles. The van der Waals surface area contributed by atoms with Crippen molar-refractivity contribution in [2.24, 2.45) is 11.5 Å². The second kappa shape index (κ2) is 20.0. The Hall–Kier alpha value is -6.41. The number of ether oxygens (including phenoxy) is 3. The van der Waals surface area contributed by atoms with Crippen molar-refractivity contribution in [1.29, 1.82) is 0 Å². The SMILES string of the molecule is CC1Cc2ccc(OCCN)c(c2)-c2cc(ccc2OCCN)C(N(C)C(=O)CNC(=O)c2ccc(-c3ccc(Oc4ccc(Cl)cc4)cc3)cc2)C(=O)N[C@@H](C)C(=O)N1. The fourth-order valence-corrected chi connectivity index (χ4v) is 6.93. The van der Waals surface area contributed by atoms with E-state index < -0.39 is 36.3 Å². The van der Waals surface area contributed by atoms with Crippen molar-refractivity contribution < 1.29 is 33.4 Å². The van der Waals surface area contributed by atoms with E-state index in [-0.39, 0.29) is 38.3 Å². The van der Waals surface area contributed by atoms with Crippen LogP contribution in [-0.4, -0.2) is 80.5 Å². The lowest BCUT2D eigenvalue weighted by Gasteiger charge is -2.30. The number of likely N-dealkylation sites (N-methyl/N-ethyl adjacent to an activating group) is 1. The van der Waals surface area contributed by atoms with Gasteiger partial charge in [-0.2, -0.15) is 0 Å². The molecule has 6 rings (SSSR count). The fourth-order valence-electron chi connectivity index (χ4n) is 6.81. The summed E-state index contributed by atoms with van der Waals surface area (Å²) in [5, 5.41) is 9.08. The number of nitrogens with one attached hydrogen (secondary N) is 3. The van der Waals surface area contributed by atoms with Gasteiger partial charge in [0.05, 0.1) is 6.54 Å². The molecule has 0 saturated heterocycles. The zero-order valence-electron chi connectivity index (χ0n) is 33.7. The van der Waals surface area contributed by atoms with Gasteiger partial charge in [-0.05, 0) is 115 Å². The minimum atomic E-state index is -1.22. The van der Waals surface area contributed by atoms with Crippen LogP contribution in [0.25, 0.3) is 22.3 Å². The molecule has 2 unspecified atom stereocenters. The van der Waals surface area contributed by atoms with Crippen LogP contribution < -0.4 is 41.6 Å². The summed E-state index contributed by atoms with van der Waals surface area (Å²) in [6, 6.07) is 30.1. The summed E-state index contributed by atoms with van der Waals surface area (Å²) in [5.41, 5.74) is 16.4. The predicted molar refractivity (Wildman–Crippen MR) is 231 cm³/mol. The lowest BCUT2D eigenvalue weighted by molar-refractivity contribution is -0.139. The van der Waals surface area contributed by atoms with Crippen molar-refractivity contribution in [1.82, 2.24) is 20.9 Å². The van der Waals surface area contributed by atoms with Gasteiger partial charge < -0.3 is 46.5 Å². The molecular formula is C46H49ClN6O7. The third kappa shape index (κ3) is 10.8. The maximum absolute atomic E-state index is 14.2. The van der Waals surface area contributed by atoms with Gasteiger partial charge in [-0.3, -0.25) is 19.2 Å². The number of benzene rings is 5. The quantitative estimate of drug-likeness (QED) is 0.100. The Kier molecular flexibility index (Phi) is 14.4. The first-order valence-electron chi connectivity index (χ1n) is 19.7. The second-order valence-electron chi connectivity index (χ2n) is 14.5. The highest BCUT2D eigenvalue weighted by Gasteiger charge is 2.32. The molecule has 0 fully saturated rings. The molecule has 13 nitrogen and oxygen atoms in total. The van der Waals surface area contributed by atoms with Gasteiger partial charge in [-0.25, -0.2) is 0 Å². The van der Waals surface area contributed by atoms with Crippen LogP contribution in [0.1, 0.15) is 41.4 Å². The summed E-state index contributed by atoms with van der Waals surface area (Å²) < 4.78 is 18.0. The average molecular weight is 833 g/mol. The summed E-state index contributed by atoms with van der Waals surface area (Å²) in [5.74, 6) is 0.352. The van der Waals surface area contributed by atoms with Gasteiger partial charge in [-0.15, -0.1) is 0 Å².